The second kappa shape index (κ2) is 7.99. The van der Waals surface area contributed by atoms with Crippen LogP contribution in [-0.4, -0.2) is 41.3 Å². The van der Waals surface area contributed by atoms with E-state index in [0.29, 0.717) is 42.5 Å². The summed E-state index contributed by atoms with van der Waals surface area (Å²) in [7, 11) is 1.54. The molecule has 0 saturated heterocycles. The lowest BCUT2D eigenvalue weighted by Gasteiger charge is -2.12. The standard InChI is InChI=1S/C14H19N5O3/c1-21-10-3-4-12(22-6-2-5-15)11(7-10)14(20)16-8-13-17-9-18-19-13/h3-4,7,9H,2,5-6,8,15H2,1H3,(H,16,20)(H,17,18,19). The van der Waals surface area contributed by atoms with E-state index in [9.17, 15) is 4.79 Å². The third-order valence-electron chi connectivity index (χ3n) is 2.92. The lowest BCUT2D eigenvalue weighted by atomic mass is 10.1. The molecular weight excluding hydrogens is 286 g/mol. The Kier molecular flexibility index (Phi) is 5.73. The average molecular weight is 305 g/mol. The van der Waals surface area contributed by atoms with Gasteiger partial charge in [-0.25, -0.2) is 4.98 Å². The van der Waals surface area contributed by atoms with Gasteiger partial charge in [0, 0.05) is 0 Å². The Morgan fingerprint density at radius 2 is 2.32 bits per heavy atom. The quantitative estimate of drug-likeness (QED) is 0.611. The van der Waals surface area contributed by atoms with Gasteiger partial charge in [0.1, 0.15) is 23.7 Å². The van der Waals surface area contributed by atoms with E-state index in [4.69, 9.17) is 15.2 Å². The van der Waals surface area contributed by atoms with E-state index in [0.717, 1.165) is 0 Å². The minimum Gasteiger partial charge on any atom is -0.497 e. The molecule has 0 fully saturated rings. The first-order valence-corrected chi connectivity index (χ1v) is 6.88. The van der Waals surface area contributed by atoms with Gasteiger partial charge in [0.25, 0.3) is 5.91 Å². The smallest absolute Gasteiger partial charge is 0.255 e. The summed E-state index contributed by atoms with van der Waals surface area (Å²) in [5.74, 6) is 1.36. The fraction of sp³-hybridized carbons (Fsp3) is 0.357. The van der Waals surface area contributed by atoms with Crippen LogP contribution in [0.3, 0.4) is 0 Å². The number of nitrogens with two attached hydrogens (primary N) is 1. The zero-order valence-corrected chi connectivity index (χ0v) is 12.3. The number of H-pyrrole nitrogens is 1. The number of hydrogen-bond acceptors (Lipinski definition) is 6. The molecule has 1 aromatic carbocycles. The number of rotatable bonds is 8. The number of ether oxygens (including phenoxy) is 2. The molecule has 0 aliphatic carbocycles. The van der Waals surface area contributed by atoms with Crippen LogP contribution in [-0.2, 0) is 6.54 Å². The molecule has 0 aliphatic heterocycles. The van der Waals surface area contributed by atoms with Crippen molar-refractivity contribution in [2.75, 3.05) is 20.3 Å². The number of aromatic nitrogens is 3. The fourth-order valence-corrected chi connectivity index (χ4v) is 1.78. The molecule has 0 radical (unpaired) electrons. The highest BCUT2D eigenvalue weighted by Gasteiger charge is 2.14. The number of hydrogen-bond donors (Lipinski definition) is 3. The van der Waals surface area contributed by atoms with Crippen LogP contribution < -0.4 is 20.5 Å². The first-order valence-electron chi connectivity index (χ1n) is 6.88. The van der Waals surface area contributed by atoms with Crippen LogP contribution in [0.15, 0.2) is 24.5 Å². The molecule has 2 rings (SSSR count). The number of amides is 1. The van der Waals surface area contributed by atoms with E-state index in [1.54, 1.807) is 25.3 Å². The monoisotopic (exact) mass is 305 g/mol. The van der Waals surface area contributed by atoms with E-state index in [1.165, 1.54) is 6.33 Å². The Labute approximate surface area is 128 Å². The average Bonchev–Trinajstić information content (AvgIpc) is 3.06. The summed E-state index contributed by atoms with van der Waals surface area (Å²) in [5, 5.41) is 9.15. The van der Waals surface area contributed by atoms with Crippen LogP contribution in [0.25, 0.3) is 0 Å². The first kappa shape index (κ1) is 15.8. The molecule has 0 spiro atoms. The Balaban J connectivity index is 2.09. The van der Waals surface area contributed by atoms with Crippen LogP contribution in [0.4, 0.5) is 0 Å². The van der Waals surface area contributed by atoms with Crippen molar-refractivity contribution < 1.29 is 14.3 Å². The lowest BCUT2D eigenvalue weighted by Crippen LogP contribution is -2.24. The van der Waals surface area contributed by atoms with Crippen molar-refractivity contribution in [2.45, 2.75) is 13.0 Å². The number of nitrogens with one attached hydrogen (secondary N) is 2. The highest BCUT2D eigenvalue weighted by atomic mass is 16.5. The maximum Gasteiger partial charge on any atom is 0.255 e. The van der Waals surface area contributed by atoms with E-state index in [-0.39, 0.29) is 12.5 Å². The van der Waals surface area contributed by atoms with Gasteiger partial charge in [-0.2, -0.15) is 5.10 Å². The molecule has 0 bridgehead atoms. The molecule has 0 saturated carbocycles. The summed E-state index contributed by atoms with van der Waals surface area (Å²) < 4.78 is 10.8. The summed E-state index contributed by atoms with van der Waals surface area (Å²) in [6, 6.07) is 5.08. The van der Waals surface area contributed by atoms with Gasteiger partial charge in [-0.3, -0.25) is 9.89 Å². The van der Waals surface area contributed by atoms with Crippen molar-refractivity contribution in [3.8, 4) is 11.5 Å². The van der Waals surface area contributed by atoms with Gasteiger partial charge in [0.15, 0.2) is 0 Å². The third kappa shape index (κ3) is 4.19. The summed E-state index contributed by atoms with van der Waals surface area (Å²) in [6.07, 6.45) is 2.10. The largest absolute Gasteiger partial charge is 0.497 e. The van der Waals surface area contributed by atoms with E-state index in [1.807, 2.05) is 0 Å². The number of aromatic amines is 1. The molecular formula is C14H19N5O3. The van der Waals surface area contributed by atoms with Gasteiger partial charge in [-0.05, 0) is 31.2 Å². The first-order chi connectivity index (χ1) is 10.7. The van der Waals surface area contributed by atoms with E-state index in [2.05, 4.69) is 20.5 Å². The highest BCUT2D eigenvalue weighted by molar-refractivity contribution is 5.97. The van der Waals surface area contributed by atoms with Gasteiger partial charge >= 0.3 is 0 Å². The Hall–Kier alpha value is -2.61. The van der Waals surface area contributed by atoms with Gasteiger partial charge < -0.3 is 20.5 Å². The molecule has 0 atom stereocenters. The van der Waals surface area contributed by atoms with Crippen LogP contribution >= 0.6 is 0 Å². The summed E-state index contributed by atoms with van der Waals surface area (Å²) >= 11 is 0. The van der Waals surface area contributed by atoms with Crippen molar-refractivity contribution in [3.05, 3.63) is 35.9 Å². The Bertz CT molecular complexity index is 601. The van der Waals surface area contributed by atoms with Crippen LogP contribution in [0.5, 0.6) is 11.5 Å². The van der Waals surface area contributed by atoms with Crippen LogP contribution in [0, 0.1) is 0 Å². The number of nitrogens with zero attached hydrogens (tertiary/aromatic N) is 2. The normalized spacial score (nSPS) is 10.3. The molecule has 8 nitrogen and oxygen atoms in total. The summed E-state index contributed by atoms with van der Waals surface area (Å²) in [4.78, 5) is 16.3. The number of methoxy groups -OCH3 is 1. The van der Waals surface area contributed by atoms with E-state index < -0.39 is 0 Å². The third-order valence-corrected chi connectivity index (χ3v) is 2.92. The maximum absolute atomic E-state index is 12.3. The zero-order chi connectivity index (χ0) is 15.8. The van der Waals surface area contributed by atoms with Crippen LogP contribution in [0.1, 0.15) is 22.6 Å². The van der Waals surface area contributed by atoms with Crippen molar-refractivity contribution in [3.63, 3.8) is 0 Å². The molecule has 8 heteroatoms. The second-order valence-electron chi connectivity index (χ2n) is 4.47. The van der Waals surface area contributed by atoms with Gasteiger partial charge in [-0.15, -0.1) is 0 Å². The minimum atomic E-state index is -0.280. The molecule has 1 amide bonds. The molecule has 22 heavy (non-hydrogen) atoms. The van der Waals surface area contributed by atoms with Crippen molar-refractivity contribution >= 4 is 5.91 Å². The van der Waals surface area contributed by atoms with E-state index >= 15 is 0 Å². The van der Waals surface area contributed by atoms with Gasteiger partial charge in [0.2, 0.25) is 0 Å². The second-order valence-corrected chi connectivity index (χ2v) is 4.47. The SMILES string of the molecule is COc1ccc(OCCCN)c(C(=O)NCc2ncn[nH]2)c1. The van der Waals surface area contributed by atoms with Gasteiger partial charge in [-0.1, -0.05) is 0 Å². The molecule has 1 heterocycles. The molecule has 4 N–H and O–H groups in total. The zero-order valence-electron chi connectivity index (χ0n) is 12.3. The predicted octanol–water partition coefficient (Wildman–Crippen LogP) is 0.471. The molecule has 118 valence electrons. The van der Waals surface area contributed by atoms with Crippen molar-refractivity contribution in [1.29, 1.82) is 0 Å². The van der Waals surface area contributed by atoms with Crippen LogP contribution in [0.2, 0.25) is 0 Å². The summed E-state index contributed by atoms with van der Waals surface area (Å²) in [6.45, 7) is 1.23. The summed E-state index contributed by atoms with van der Waals surface area (Å²) in [5.41, 5.74) is 5.84. The molecule has 1 aromatic heterocycles. The molecule has 0 unspecified atom stereocenters. The minimum absolute atomic E-state index is 0.248. The Morgan fingerprint density at radius 3 is 3.00 bits per heavy atom. The highest BCUT2D eigenvalue weighted by Crippen LogP contribution is 2.24. The topological polar surface area (TPSA) is 115 Å². The molecule has 2 aromatic rings. The lowest BCUT2D eigenvalue weighted by molar-refractivity contribution is 0.0945. The fourth-order valence-electron chi connectivity index (χ4n) is 1.78. The Morgan fingerprint density at radius 1 is 1.45 bits per heavy atom. The van der Waals surface area contributed by atoms with Gasteiger partial charge in [0.05, 0.1) is 25.8 Å². The number of carbonyl (C=O) groups is 1. The maximum atomic E-state index is 12.3. The number of benzene rings is 1. The predicted molar refractivity (Wildman–Crippen MR) is 79.7 cm³/mol. The molecule has 0 aliphatic rings. The van der Waals surface area contributed by atoms with Crippen molar-refractivity contribution in [2.24, 2.45) is 5.73 Å². The number of carbonyl (C=O) groups excluding carboxylic acids is 1. The van der Waals surface area contributed by atoms with Crippen molar-refractivity contribution in [1.82, 2.24) is 20.5 Å².